The van der Waals surface area contributed by atoms with Gasteiger partial charge in [0, 0.05) is 6.61 Å². The quantitative estimate of drug-likeness (QED) is 0.346. The van der Waals surface area contributed by atoms with Gasteiger partial charge in [0.1, 0.15) is 0 Å². The summed E-state index contributed by atoms with van der Waals surface area (Å²) in [5.41, 5.74) is 11.6. The average Bonchev–Trinajstić information content (AvgIpc) is 2.06. The van der Waals surface area contributed by atoms with Crippen molar-refractivity contribution in [3.05, 3.63) is 12.7 Å². The summed E-state index contributed by atoms with van der Waals surface area (Å²) in [7, 11) is -1.40. The highest BCUT2D eigenvalue weighted by atomic mass is 28.3. The number of hydrogen-bond acceptors (Lipinski definition) is 3. The Hall–Kier alpha value is -0.163. The Morgan fingerprint density at radius 1 is 1.45 bits per heavy atom. The third-order valence-corrected chi connectivity index (χ3v) is 5.01. The van der Waals surface area contributed by atoms with Crippen LogP contribution in [0.1, 0.15) is 12.8 Å². The Balaban J connectivity index is 2.50. The minimum absolute atomic E-state index is 0.708. The highest BCUT2D eigenvalue weighted by Crippen LogP contribution is 2.16. The minimum Gasteiger partial charge on any atom is -0.416 e. The van der Waals surface area contributed by atoms with E-state index in [1.54, 1.807) is 6.08 Å². The van der Waals surface area contributed by atoms with E-state index in [9.17, 15) is 0 Å². The van der Waals surface area contributed by atoms with Gasteiger partial charge in [-0.1, -0.05) is 12.5 Å². The maximum atomic E-state index is 5.79. The first kappa shape index (κ1) is 8.93. The van der Waals surface area contributed by atoms with Crippen molar-refractivity contribution in [1.82, 2.24) is 0 Å². The van der Waals surface area contributed by atoms with Crippen molar-refractivity contribution in [1.29, 1.82) is 0 Å². The highest BCUT2D eigenvalue weighted by molar-refractivity contribution is 6.56. The minimum atomic E-state index is -1.40. The summed E-state index contributed by atoms with van der Waals surface area (Å²) in [6.07, 6.45) is 3.98. The van der Waals surface area contributed by atoms with Crippen molar-refractivity contribution in [2.45, 2.75) is 24.2 Å². The van der Waals surface area contributed by atoms with Crippen LogP contribution < -0.4 is 11.5 Å². The maximum absolute atomic E-state index is 5.79. The van der Waals surface area contributed by atoms with Crippen molar-refractivity contribution in [3.8, 4) is 0 Å². The second-order valence-corrected chi connectivity index (χ2v) is 5.95. The lowest BCUT2D eigenvalue weighted by atomic mass is 10.4. The van der Waals surface area contributed by atoms with Crippen LogP contribution in [0.15, 0.2) is 12.7 Å². The van der Waals surface area contributed by atoms with Gasteiger partial charge in [0.15, 0.2) is 0 Å². The van der Waals surface area contributed by atoms with E-state index in [1.165, 1.54) is 6.42 Å². The van der Waals surface area contributed by atoms with Crippen LogP contribution in [0.3, 0.4) is 0 Å². The van der Waals surface area contributed by atoms with Gasteiger partial charge in [0.05, 0.1) is 5.29 Å². The zero-order valence-electron chi connectivity index (χ0n) is 6.75. The molecule has 0 bridgehead atoms. The van der Waals surface area contributed by atoms with E-state index < -0.39 is 14.3 Å². The van der Waals surface area contributed by atoms with Crippen LogP contribution in [0.2, 0.25) is 6.04 Å². The molecule has 4 N–H and O–H groups in total. The standard InChI is InChI=1S/C7H16N2OSi/c1-2-7(8,9)11-6-4-3-5-10-11/h2,11H,1,3-6,8-9H2. The van der Waals surface area contributed by atoms with E-state index in [-0.39, 0.29) is 0 Å². The van der Waals surface area contributed by atoms with Gasteiger partial charge >= 0.3 is 0 Å². The molecule has 3 nitrogen and oxygen atoms in total. The molecule has 0 aromatic rings. The summed E-state index contributed by atoms with van der Waals surface area (Å²) < 4.78 is 5.55. The van der Waals surface area contributed by atoms with Gasteiger partial charge in [-0.3, -0.25) is 0 Å². The molecule has 1 saturated heterocycles. The Kier molecular flexibility index (Phi) is 2.83. The fourth-order valence-electron chi connectivity index (χ4n) is 1.27. The molecule has 64 valence electrons. The molecule has 0 amide bonds. The van der Waals surface area contributed by atoms with Crippen LogP contribution in [-0.4, -0.2) is 20.9 Å². The number of rotatable bonds is 2. The second kappa shape index (κ2) is 3.49. The molecule has 1 unspecified atom stereocenters. The SMILES string of the molecule is C=CC(N)(N)[SiH]1CCCCO1. The molecule has 1 aliphatic rings. The van der Waals surface area contributed by atoms with Gasteiger partial charge in [-0.2, -0.15) is 0 Å². The first-order valence-electron chi connectivity index (χ1n) is 4.00. The van der Waals surface area contributed by atoms with Gasteiger partial charge in [0.25, 0.3) is 0 Å². The lowest BCUT2D eigenvalue weighted by molar-refractivity contribution is 0.272. The van der Waals surface area contributed by atoms with Crippen LogP contribution in [-0.2, 0) is 4.43 Å². The normalized spacial score (nSPS) is 26.5. The summed E-state index contributed by atoms with van der Waals surface area (Å²) in [6.45, 7) is 4.45. The molecule has 0 aromatic carbocycles. The molecular weight excluding hydrogens is 156 g/mol. The molecule has 1 fully saturated rings. The summed E-state index contributed by atoms with van der Waals surface area (Å²) in [4.78, 5) is 0. The molecule has 0 spiro atoms. The van der Waals surface area contributed by atoms with Crippen LogP contribution in [0.4, 0.5) is 0 Å². The molecule has 0 radical (unpaired) electrons. The van der Waals surface area contributed by atoms with Crippen molar-refractivity contribution < 1.29 is 4.43 Å². The number of nitrogens with two attached hydrogens (primary N) is 2. The van der Waals surface area contributed by atoms with Crippen molar-refractivity contribution >= 4 is 9.04 Å². The Bertz CT molecular complexity index is 143. The van der Waals surface area contributed by atoms with Crippen molar-refractivity contribution in [3.63, 3.8) is 0 Å². The molecule has 1 rings (SSSR count). The fraction of sp³-hybridized carbons (Fsp3) is 0.714. The predicted octanol–water partition coefficient (Wildman–Crippen LogP) is -0.141. The van der Waals surface area contributed by atoms with E-state index in [4.69, 9.17) is 15.9 Å². The average molecular weight is 172 g/mol. The lowest BCUT2D eigenvalue weighted by Crippen LogP contribution is -2.61. The molecule has 1 heterocycles. The first-order chi connectivity index (χ1) is 5.17. The summed E-state index contributed by atoms with van der Waals surface area (Å²) in [6, 6.07) is 1.08. The van der Waals surface area contributed by atoms with Crippen LogP contribution >= 0.6 is 0 Å². The van der Waals surface area contributed by atoms with Gasteiger partial charge in [0.2, 0.25) is 9.04 Å². The van der Waals surface area contributed by atoms with Crippen molar-refractivity contribution in [2.75, 3.05) is 6.61 Å². The Labute approximate surface area is 69.1 Å². The van der Waals surface area contributed by atoms with Crippen LogP contribution in [0.25, 0.3) is 0 Å². The third-order valence-electron chi connectivity index (χ3n) is 2.09. The topological polar surface area (TPSA) is 61.3 Å². The Morgan fingerprint density at radius 2 is 2.18 bits per heavy atom. The second-order valence-electron chi connectivity index (χ2n) is 3.06. The third kappa shape index (κ3) is 2.13. The largest absolute Gasteiger partial charge is 0.416 e. The molecule has 1 aliphatic heterocycles. The van der Waals surface area contributed by atoms with Crippen LogP contribution in [0.5, 0.6) is 0 Å². The zero-order chi connectivity index (χ0) is 8.32. The lowest BCUT2D eigenvalue weighted by Gasteiger charge is -2.32. The highest BCUT2D eigenvalue weighted by Gasteiger charge is 2.32. The number of hydrogen-bond donors (Lipinski definition) is 2. The fourth-order valence-corrected chi connectivity index (χ4v) is 3.60. The molecule has 0 saturated carbocycles. The van der Waals surface area contributed by atoms with Gasteiger partial charge in [-0.05, 0) is 12.5 Å². The molecule has 4 heteroatoms. The van der Waals surface area contributed by atoms with E-state index in [1.807, 2.05) is 0 Å². The molecule has 0 aliphatic carbocycles. The van der Waals surface area contributed by atoms with E-state index >= 15 is 0 Å². The van der Waals surface area contributed by atoms with Gasteiger partial charge in [-0.15, -0.1) is 6.58 Å². The monoisotopic (exact) mass is 172 g/mol. The molecule has 0 aromatic heterocycles. The van der Waals surface area contributed by atoms with E-state index in [2.05, 4.69) is 6.58 Å². The van der Waals surface area contributed by atoms with E-state index in [0.717, 1.165) is 19.1 Å². The van der Waals surface area contributed by atoms with E-state index in [0.29, 0.717) is 0 Å². The Morgan fingerprint density at radius 3 is 2.64 bits per heavy atom. The summed E-state index contributed by atoms with van der Waals surface area (Å²) in [5.74, 6) is 0. The van der Waals surface area contributed by atoms with Crippen LogP contribution in [0, 0.1) is 0 Å². The zero-order valence-corrected chi connectivity index (χ0v) is 7.91. The van der Waals surface area contributed by atoms with Gasteiger partial charge < -0.3 is 15.9 Å². The molecule has 1 atom stereocenters. The maximum Gasteiger partial charge on any atom is 0.216 e. The molecule has 11 heavy (non-hydrogen) atoms. The first-order valence-corrected chi connectivity index (χ1v) is 5.86. The summed E-state index contributed by atoms with van der Waals surface area (Å²) >= 11 is 0. The van der Waals surface area contributed by atoms with Crippen molar-refractivity contribution in [2.24, 2.45) is 11.5 Å². The smallest absolute Gasteiger partial charge is 0.216 e. The predicted molar refractivity (Wildman–Crippen MR) is 48.4 cm³/mol. The molecular formula is C7H16N2OSi. The summed E-state index contributed by atoms with van der Waals surface area (Å²) in [5, 5.41) is -0.708. The van der Waals surface area contributed by atoms with Gasteiger partial charge in [-0.25, -0.2) is 0 Å².